The number of amides is 1. The molecule has 2 heterocycles. The molecule has 3 rings (SSSR count). The number of hydrogen-bond acceptors (Lipinski definition) is 5. The highest BCUT2D eigenvalue weighted by Gasteiger charge is 2.34. The van der Waals surface area contributed by atoms with Gasteiger partial charge in [-0.3, -0.25) is 4.79 Å². The zero-order valence-electron chi connectivity index (χ0n) is 15.9. The maximum absolute atomic E-state index is 13.4. The van der Waals surface area contributed by atoms with E-state index in [1.54, 1.807) is 20.9 Å². The number of carbonyl (C=O) groups is 1. The van der Waals surface area contributed by atoms with Crippen molar-refractivity contribution in [3.8, 4) is 11.3 Å². The molecular formula is C19H20ClF3N4O2. The lowest BCUT2D eigenvalue weighted by Gasteiger charge is -2.24. The molecule has 156 valence electrons. The van der Waals surface area contributed by atoms with Crippen LogP contribution in [0.25, 0.3) is 22.4 Å². The summed E-state index contributed by atoms with van der Waals surface area (Å²) >= 11 is 0. The highest BCUT2D eigenvalue weighted by Crippen LogP contribution is 2.37. The lowest BCUT2D eigenvalue weighted by atomic mass is 10.00. The summed E-state index contributed by atoms with van der Waals surface area (Å²) < 4.78 is 45.5. The van der Waals surface area contributed by atoms with Crippen molar-refractivity contribution in [1.29, 1.82) is 0 Å². The van der Waals surface area contributed by atoms with Gasteiger partial charge < -0.3 is 15.2 Å². The third-order valence-electron chi connectivity index (χ3n) is 4.68. The van der Waals surface area contributed by atoms with Gasteiger partial charge >= 0.3 is 6.18 Å². The van der Waals surface area contributed by atoms with Gasteiger partial charge in [0.1, 0.15) is 0 Å². The summed E-state index contributed by atoms with van der Waals surface area (Å²) in [7, 11) is 1.58. The number of nitrogens with two attached hydrogens (primary N) is 1. The maximum Gasteiger partial charge on any atom is 0.417 e. The van der Waals surface area contributed by atoms with E-state index in [4.69, 9.17) is 10.3 Å². The van der Waals surface area contributed by atoms with Crippen LogP contribution in [0.5, 0.6) is 0 Å². The lowest BCUT2D eigenvalue weighted by molar-refractivity contribution is -0.137. The van der Waals surface area contributed by atoms with Crippen LogP contribution in [0.2, 0.25) is 0 Å². The van der Waals surface area contributed by atoms with Crippen molar-refractivity contribution in [2.24, 2.45) is 5.73 Å². The molecule has 0 aliphatic carbocycles. The van der Waals surface area contributed by atoms with Crippen molar-refractivity contribution >= 4 is 29.4 Å². The number of hydrogen-bond donors (Lipinski definition) is 1. The van der Waals surface area contributed by atoms with Crippen LogP contribution in [0, 0.1) is 6.92 Å². The minimum atomic E-state index is -4.57. The number of carbonyl (C=O) groups excluding carboxylic acids is 1. The van der Waals surface area contributed by atoms with Crippen molar-refractivity contribution in [1.82, 2.24) is 15.0 Å². The van der Waals surface area contributed by atoms with Gasteiger partial charge in [-0.25, -0.2) is 4.98 Å². The Bertz CT molecular complexity index is 1040. The molecule has 0 bridgehead atoms. The number of nitrogens with zero attached hydrogens (tertiary/aromatic N) is 3. The van der Waals surface area contributed by atoms with E-state index in [0.29, 0.717) is 11.1 Å². The fourth-order valence-corrected chi connectivity index (χ4v) is 2.90. The van der Waals surface area contributed by atoms with Crippen molar-refractivity contribution < 1.29 is 22.5 Å². The van der Waals surface area contributed by atoms with Crippen LogP contribution in [-0.4, -0.2) is 40.6 Å². The minimum Gasteiger partial charge on any atom is -0.338 e. The van der Waals surface area contributed by atoms with E-state index in [1.807, 2.05) is 0 Å². The molecule has 3 aromatic rings. The number of rotatable bonds is 4. The molecule has 10 heteroatoms. The van der Waals surface area contributed by atoms with Gasteiger partial charge in [0.05, 0.1) is 27.9 Å². The molecule has 0 aliphatic rings. The number of fused-ring (bicyclic) bond motifs is 1. The number of benzene rings is 1. The molecule has 2 aromatic heterocycles. The Kier molecular flexibility index (Phi) is 6.54. The SMILES string of the molecule is Cc1noc2nc(-c3ccccc3C(F)(F)F)cc(C(=O)N(C)C(C)CN)c12.Cl. The summed E-state index contributed by atoms with van der Waals surface area (Å²) in [5.74, 6) is -0.401. The second-order valence-corrected chi connectivity index (χ2v) is 6.55. The van der Waals surface area contributed by atoms with E-state index in [1.165, 1.54) is 29.2 Å². The summed E-state index contributed by atoms with van der Waals surface area (Å²) in [5.41, 5.74) is 5.22. The molecule has 0 aliphatic heterocycles. The summed E-state index contributed by atoms with van der Waals surface area (Å²) in [6, 6.07) is 6.14. The molecular weight excluding hydrogens is 409 g/mol. The molecule has 0 fully saturated rings. The fraction of sp³-hybridized carbons (Fsp3) is 0.316. The third kappa shape index (κ3) is 4.20. The van der Waals surface area contributed by atoms with Gasteiger partial charge in [0, 0.05) is 25.2 Å². The van der Waals surface area contributed by atoms with Crippen LogP contribution >= 0.6 is 12.4 Å². The topological polar surface area (TPSA) is 85.2 Å². The van der Waals surface area contributed by atoms with Gasteiger partial charge in [-0.05, 0) is 26.0 Å². The first-order valence-electron chi connectivity index (χ1n) is 8.56. The largest absolute Gasteiger partial charge is 0.417 e. The monoisotopic (exact) mass is 428 g/mol. The average Bonchev–Trinajstić information content (AvgIpc) is 3.05. The summed E-state index contributed by atoms with van der Waals surface area (Å²) in [6.45, 7) is 3.65. The molecule has 0 saturated carbocycles. The second kappa shape index (κ2) is 8.38. The van der Waals surface area contributed by atoms with Gasteiger partial charge in [0.25, 0.3) is 11.6 Å². The molecule has 1 unspecified atom stereocenters. The number of likely N-dealkylation sites (N-methyl/N-ethyl adjacent to an activating group) is 1. The quantitative estimate of drug-likeness (QED) is 0.677. The molecule has 1 amide bonds. The van der Waals surface area contributed by atoms with E-state index in [-0.39, 0.29) is 47.5 Å². The van der Waals surface area contributed by atoms with E-state index in [0.717, 1.165) is 6.07 Å². The maximum atomic E-state index is 13.4. The van der Waals surface area contributed by atoms with Crippen molar-refractivity contribution in [3.63, 3.8) is 0 Å². The standard InChI is InChI=1S/C19H19F3N4O2.ClH/c1-10(9-23)26(3)18(27)13-8-15(24-17-16(13)11(2)25-28-17)12-6-4-5-7-14(12)19(20,21)22;/h4-8,10H,9,23H2,1-3H3;1H. The summed E-state index contributed by atoms with van der Waals surface area (Å²) in [5, 5.41) is 4.18. The van der Waals surface area contributed by atoms with E-state index in [2.05, 4.69) is 10.1 Å². The van der Waals surface area contributed by atoms with Crippen LogP contribution in [0.4, 0.5) is 13.2 Å². The van der Waals surface area contributed by atoms with Gasteiger partial charge in [-0.15, -0.1) is 12.4 Å². The molecule has 1 atom stereocenters. The Morgan fingerprint density at radius 3 is 2.59 bits per heavy atom. The highest BCUT2D eigenvalue weighted by atomic mass is 35.5. The Morgan fingerprint density at radius 1 is 1.31 bits per heavy atom. The average molecular weight is 429 g/mol. The number of pyridine rings is 1. The summed E-state index contributed by atoms with van der Waals surface area (Å²) in [6.07, 6.45) is -4.57. The van der Waals surface area contributed by atoms with Gasteiger partial charge in [0.15, 0.2) is 0 Å². The Balaban J connectivity index is 0.00000300. The van der Waals surface area contributed by atoms with Crippen LogP contribution in [0.15, 0.2) is 34.9 Å². The first-order chi connectivity index (χ1) is 13.1. The Hall–Kier alpha value is -2.65. The number of alkyl halides is 3. The fourth-order valence-electron chi connectivity index (χ4n) is 2.90. The lowest BCUT2D eigenvalue weighted by Crippen LogP contribution is -2.39. The normalized spacial score (nSPS) is 12.5. The van der Waals surface area contributed by atoms with Crippen molar-refractivity contribution in [2.45, 2.75) is 26.1 Å². The minimum absolute atomic E-state index is 0. The molecule has 29 heavy (non-hydrogen) atoms. The van der Waals surface area contributed by atoms with Gasteiger partial charge in [0.2, 0.25) is 0 Å². The summed E-state index contributed by atoms with van der Waals surface area (Å²) in [4.78, 5) is 18.6. The second-order valence-electron chi connectivity index (χ2n) is 6.55. The number of aryl methyl sites for hydroxylation is 1. The highest BCUT2D eigenvalue weighted by molar-refractivity contribution is 6.07. The van der Waals surface area contributed by atoms with Gasteiger partial charge in [-0.2, -0.15) is 13.2 Å². The molecule has 0 saturated heterocycles. The number of halogens is 4. The Morgan fingerprint density at radius 2 is 1.97 bits per heavy atom. The van der Waals surface area contributed by atoms with E-state index >= 15 is 0 Å². The molecule has 2 N–H and O–H groups in total. The van der Waals surface area contributed by atoms with E-state index in [9.17, 15) is 18.0 Å². The smallest absolute Gasteiger partial charge is 0.338 e. The predicted octanol–water partition coefficient (Wildman–Crippen LogP) is 4.06. The van der Waals surface area contributed by atoms with Crippen LogP contribution in [0.3, 0.4) is 0 Å². The third-order valence-corrected chi connectivity index (χ3v) is 4.68. The number of aromatic nitrogens is 2. The van der Waals surface area contributed by atoms with E-state index < -0.39 is 17.6 Å². The Labute approximate surface area is 171 Å². The first kappa shape index (κ1) is 22.6. The molecule has 1 aromatic carbocycles. The van der Waals surface area contributed by atoms with Crippen LogP contribution < -0.4 is 5.73 Å². The van der Waals surface area contributed by atoms with Crippen LogP contribution in [-0.2, 0) is 6.18 Å². The van der Waals surface area contributed by atoms with Crippen molar-refractivity contribution in [3.05, 3.63) is 47.2 Å². The molecule has 0 spiro atoms. The molecule has 6 nitrogen and oxygen atoms in total. The van der Waals surface area contributed by atoms with Crippen LogP contribution in [0.1, 0.15) is 28.5 Å². The first-order valence-corrected chi connectivity index (χ1v) is 8.56. The molecule has 0 radical (unpaired) electrons. The zero-order valence-corrected chi connectivity index (χ0v) is 16.8. The predicted molar refractivity (Wildman–Crippen MR) is 105 cm³/mol. The zero-order chi connectivity index (χ0) is 20.6. The van der Waals surface area contributed by atoms with Gasteiger partial charge in [-0.1, -0.05) is 23.4 Å². The van der Waals surface area contributed by atoms with Crippen molar-refractivity contribution in [2.75, 3.05) is 13.6 Å².